The van der Waals surface area contributed by atoms with Crippen LogP contribution in [0.1, 0.15) is 31.1 Å². The van der Waals surface area contributed by atoms with Gasteiger partial charge in [0.25, 0.3) is 0 Å². The molecule has 162 valence electrons. The number of ether oxygens (including phenoxy) is 2. The molecule has 1 atom stereocenters. The second-order valence-electron chi connectivity index (χ2n) is 7.58. The minimum atomic E-state index is -0.0876. The number of carbonyl (C=O) groups excluding carboxylic acids is 1. The highest BCUT2D eigenvalue weighted by molar-refractivity contribution is 5.81. The Morgan fingerprint density at radius 2 is 1.73 bits per heavy atom. The van der Waals surface area contributed by atoms with Crippen molar-refractivity contribution in [2.24, 2.45) is 0 Å². The van der Waals surface area contributed by atoms with Crippen LogP contribution in [0.15, 0.2) is 42.5 Å². The molecule has 0 radical (unpaired) electrons. The van der Waals surface area contributed by atoms with Crippen LogP contribution in [0.25, 0.3) is 0 Å². The van der Waals surface area contributed by atoms with Gasteiger partial charge in [-0.3, -0.25) is 9.69 Å². The van der Waals surface area contributed by atoms with Crippen molar-refractivity contribution < 1.29 is 14.3 Å². The van der Waals surface area contributed by atoms with Crippen molar-refractivity contribution in [3.63, 3.8) is 0 Å². The Hall–Kier alpha value is -2.73. The van der Waals surface area contributed by atoms with Crippen molar-refractivity contribution in [1.29, 1.82) is 0 Å². The highest BCUT2D eigenvalue weighted by Gasteiger charge is 2.36. The maximum atomic E-state index is 12.7. The molecule has 1 saturated heterocycles. The third-order valence-corrected chi connectivity index (χ3v) is 5.82. The lowest BCUT2D eigenvalue weighted by Gasteiger charge is -2.30. The zero-order valence-electron chi connectivity index (χ0n) is 18.7. The fourth-order valence-electron chi connectivity index (χ4n) is 4.17. The number of amides is 1. The molecule has 1 aliphatic heterocycles. The van der Waals surface area contributed by atoms with Crippen LogP contribution >= 0.6 is 0 Å². The molecule has 1 unspecified atom stereocenters. The summed E-state index contributed by atoms with van der Waals surface area (Å²) in [6, 6.07) is 14.3. The Kier molecular flexibility index (Phi) is 7.21. The van der Waals surface area contributed by atoms with Gasteiger partial charge in [0.2, 0.25) is 5.91 Å². The van der Waals surface area contributed by atoms with Crippen LogP contribution in [0.4, 0.5) is 5.69 Å². The molecule has 0 aromatic heterocycles. The van der Waals surface area contributed by atoms with Crippen molar-refractivity contribution in [3.05, 3.63) is 53.6 Å². The molecule has 0 aliphatic carbocycles. The van der Waals surface area contributed by atoms with Crippen molar-refractivity contribution in [2.45, 2.75) is 26.4 Å². The number of rotatable bonds is 9. The molecule has 1 aliphatic rings. The number of hydrogen-bond donors (Lipinski definition) is 0. The number of benzene rings is 2. The SMILES string of the molecule is CCN(CC)c1ccc(C2N(C)CC(=O)N2CCc2ccc(OC)cc2)cc1OC. The monoisotopic (exact) mass is 411 g/mol. The zero-order valence-corrected chi connectivity index (χ0v) is 18.7. The first kappa shape index (κ1) is 22.0. The smallest absolute Gasteiger partial charge is 0.238 e. The van der Waals surface area contributed by atoms with Gasteiger partial charge in [-0.1, -0.05) is 18.2 Å². The predicted molar refractivity (Wildman–Crippen MR) is 120 cm³/mol. The Morgan fingerprint density at radius 1 is 1.03 bits per heavy atom. The molecule has 0 N–H and O–H groups in total. The summed E-state index contributed by atoms with van der Waals surface area (Å²) < 4.78 is 10.9. The first-order chi connectivity index (χ1) is 14.5. The molecule has 3 rings (SSSR count). The van der Waals surface area contributed by atoms with Gasteiger partial charge < -0.3 is 19.3 Å². The number of hydrogen-bond acceptors (Lipinski definition) is 5. The molecule has 1 amide bonds. The lowest BCUT2D eigenvalue weighted by atomic mass is 10.1. The van der Waals surface area contributed by atoms with E-state index in [2.05, 4.69) is 54.0 Å². The Morgan fingerprint density at radius 3 is 2.33 bits per heavy atom. The summed E-state index contributed by atoms with van der Waals surface area (Å²) in [5, 5.41) is 0. The molecule has 6 heteroatoms. The van der Waals surface area contributed by atoms with E-state index in [-0.39, 0.29) is 12.1 Å². The second kappa shape index (κ2) is 9.85. The van der Waals surface area contributed by atoms with Crippen molar-refractivity contribution in [2.75, 3.05) is 52.3 Å². The Labute approximate surface area is 180 Å². The first-order valence-corrected chi connectivity index (χ1v) is 10.6. The minimum absolute atomic E-state index is 0.0876. The van der Waals surface area contributed by atoms with E-state index < -0.39 is 0 Å². The third kappa shape index (κ3) is 4.54. The second-order valence-corrected chi connectivity index (χ2v) is 7.58. The number of nitrogens with zero attached hydrogens (tertiary/aromatic N) is 3. The minimum Gasteiger partial charge on any atom is -0.497 e. The van der Waals surface area contributed by atoms with Crippen LogP contribution in [-0.2, 0) is 11.2 Å². The summed E-state index contributed by atoms with van der Waals surface area (Å²) in [6.45, 7) is 7.21. The van der Waals surface area contributed by atoms with Crippen molar-refractivity contribution >= 4 is 11.6 Å². The number of anilines is 1. The molecule has 1 fully saturated rings. The van der Waals surface area contributed by atoms with Gasteiger partial charge in [-0.2, -0.15) is 0 Å². The summed E-state index contributed by atoms with van der Waals surface area (Å²) in [5.74, 6) is 1.84. The van der Waals surface area contributed by atoms with Gasteiger partial charge in [-0.15, -0.1) is 0 Å². The molecule has 6 nitrogen and oxygen atoms in total. The van der Waals surface area contributed by atoms with E-state index in [0.29, 0.717) is 13.1 Å². The number of carbonyl (C=O) groups is 1. The summed E-state index contributed by atoms with van der Waals surface area (Å²) in [5.41, 5.74) is 3.35. The Balaban J connectivity index is 1.82. The van der Waals surface area contributed by atoms with Crippen LogP contribution in [0.2, 0.25) is 0 Å². The van der Waals surface area contributed by atoms with E-state index in [1.807, 2.05) is 24.1 Å². The molecule has 0 saturated carbocycles. The third-order valence-electron chi connectivity index (χ3n) is 5.82. The molecule has 30 heavy (non-hydrogen) atoms. The normalized spacial score (nSPS) is 16.8. The highest BCUT2D eigenvalue weighted by atomic mass is 16.5. The zero-order chi connectivity index (χ0) is 21.7. The van der Waals surface area contributed by atoms with E-state index in [0.717, 1.165) is 42.3 Å². The fourth-order valence-corrected chi connectivity index (χ4v) is 4.17. The molecule has 1 heterocycles. The lowest BCUT2D eigenvalue weighted by Crippen LogP contribution is -2.32. The molecule has 0 bridgehead atoms. The van der Waals surface area contributed by atoms with Crippen LogP contribution in [0.5, 0.6) is 11.5 Å². The first-order valence-electron chi connectivity index (χ1n) is 10.6. The molecule has 2 aromatic carbocycles. The molecule has 2 aromatic rings. The standard InChI is InChI=1S/C24H33N3O3/c1-6-26(7-2)21-13-10-19(16-22(21)30-5)24-25(3)17-23(28)27(24)15-14-18-8-11-20(29-4)12-9-18/h8-13,16,24H,6-7,14-15,17H2,1-5H3. The van der Waals surface area contributed by atoms with Gasteiger partial charge >= 0.3 is 0 Å². The van der Waals surface area contributed by atoms with Gasteiger partial charge in [0.15, 0.2) is 0 Å². The topological polar surface area (TPSA) is 45.2 Å². The molecular formula is C24H33N3O3. The van der Waals surface area contributed by atoms with Crippen LogP contribution < -0.4 is 14.4 Å². The quantitative estimate of drug-likeness (QED) is 0.631. The molecule has 0 spiro atoms. The summed E-state index contributed by atoms with van der Waals surface area (Å²) >= 11 is 0. The van der Waals surface area contributed by atoms with Gasteiger partial charge in [0, 0.05) is 19.6 Å². The largest absolute Gasteiger partial charge is 0.497 e. The average Bonchev–Trinajstić information content (AvgIpc) is 3.06. The van der Waals surface area contributed by atoms with E-state index >= 15 is 0 Å². The van der Waals surface area contributed by atoms with Crippen molar-refractivity contribution in [1.82, 2.24) is 9.80 Å². The summed E-state index contributed by atoms with van der Waals surface area (Å²) in [7, 11) is 5.37. The maximum absolute atomic E-state index is 12.7. The van der Waals surface area contributed by atoms with E-state index in [4.69, 9.17) is 9.47 Å². The van der Waals surface area contributed by atoms with Gasteiger partial charge in [-0.25, -0.2) is 0 Å². The van der Waals surface area contributed by atoms with Gasteiger partial charge in [-0.05, 0) is 62.7 Å². The van der Waals surface area contributed by atoms with Crippen LogP contribution in [0, 0.1) is 0 Å². The lowest BCUT2D eigenvalue weighted by molar-refractivity contribution is -0.128. The van der Waals surface area contributed by atoms with Crippen LogP contribution in [-0.4, -0.2) is 63.2 Å². The number of methoxy groups -OCH3 is 2. The summed E-state index contributed by atoms with van der Waals surface area (Å²) in [6.07, 6.45) is 0.713. The van der Waals surface area contributed by atoms with Crippen LogP contribution in [0.3, 0.4) is 0 Å². The summed E-state index contributed by atoms with van der Waals surface area (Å²) in [4.78, 5) is 19.1. The van der Waals surface area contributed by atoms with E-state index in [1.165, 1.54) is 5.56 Å². The van der Waals surface area contributed by atoms with Gasteiger partial charge in [0.05, 0.1) is 26.5 Å². The maximum Gasteiger partial charge on any atom is 0.238 e. The highest BCUT2D eigenvalue weighted by Crippen LogP contribution is 2.36. The van der Waals surface area contributed by atoms with Gasteiger partial charge in [0.1, 0.15) is 17.7 Å². The fraction of sp³-hybridized carbons (Fsp3) is 0.458. The predicted octanol–water partition coefficient (Wildman–Crippen LogP) is 3.57. The van der Waals surface area contributed by atoms with E-state index in [9.17, 15) is 4.79 Å². The van der Waals surface area contributed by atoms with Crippen molar-refractivity contribution in [3.8, 4) is 11.5 Å². The number of likely N-dealkylation sites (N-methyl/N-ethyl adjacent to an activating group) is 1. The Bertz CT molecular complexity index is 849. The van der Waals surface area contributed by atoms with E-state index in [1.54, 1.807) is 14.2 Å². The average molecular weight is 412 g/mol. The molecular weight excluding hydrogens is 378 g/mol.